The van der Waals surface area contributed by atoms with Gasteiger partial charge in [0.2, 0.25) is 5.91 Å². The van der Waals surface area contributed by atoms with Gasteiger partial charge in [0.15, 0.2) is 0 Å². The van der Waals surface area contributed by atoms with Crippen molar-refractivity contribution in [3.05, 3.63) is 29.8 Å². The summed E-state index contributed by atoms with van der Waals surface area (Å²) < 4.78 is 0. The van der Waals surface area contributed by atoms with Gasteiger partial charge in [0.1, 0.15) is 0 Å². The molecule has 4 nitrogen and oxygen atoms in total. The van der Waals surface area contributed by atoms with Crippen LogP contribution < -0.4 is 5.32 Å². The van der Waals surface area contributed by atoms with Crippen molar-refractivity contribution in [2.24, 2.45) is 5.92 Å². The number of nitrogens with one attached hydrogen (secondary N) is 1. The maximum absolute atomic E-state index is 11.9. The van der Waals surface area contributed by atoms with Crippen LogP contribution in [0.15, 0.2) is 24.3 Å². The second kappa shape index (κ2) is 8.35. The Morgan fingerprint density at radius 2 is 1.95 bits per heavy atom. The van der Waals surface area contributed by atoms with Crippen molar-refractivity contribution in [1.29, 1.82) is 0 Å². The van der Waals surface area contributed by atoms with E-state index in [0.717, 1.165) is 24.1 Å². The summed E-state index contributed by atoms with van der Waals surface area (Å²) in [7, 11) is 0. The van der Waals surface area contributed by atoms with E-state index in [-0.39, 0.29) is 12.3 Å². The molecule has 0 aliphatic rings. The third-order valence-electron chi connectivity index (χ3n) is 3.47. The lowest BCUT2D eigenvalue weighted by atomic mass is 9.99. The molecule has 110 valence electrons. The highest BCUT2D eigenvalue weighted by atomic mass is 16.4. The molecule has 1 rings (SSSR count). The lowest BCUT2D eigenvalue weighted by molar-refractivity contribution is -0.137. The normalized spacial score (nSPS) is 10.6. The van der Waals surface area contributed by atoms with E-state index in [0.29, 0.717) is 18.8 Å². The van der Waals surface area contributed by atoms with Gasteiger partial charge in [-0.2, -0.15) is 0 Å². The number of benzene rings is 1. The summed E-state index contributed by atoms with van der Waals surface area (Å²) in [6.45, 7) is 4.18. The van der Waals surface area contributed by atoms with Crippen molar-refractivity contribution >= 4 is 17.6 Å². The zero-order valence-corrected chi connectivity index (χ0v) is 12.2. The number of carbonyl (C=O) groups excluding carboxylic acids is 1. The minimum absolute atomic E-state index is 0.0223. The Hall–Kier alpha value is -1.84. The van der Waals surface area contributed by atoms with Crippen LogP contribution in [0.2, 0.25) is 0 Å². The number of aryl methyl sites for hydroxylation is 1. The van der Waals surface area contributed by atoms with Gasteiger partial charge in [-0.05, 0) is 30.0 Å². The maximum atomic E-state index is 11.9. The van der Waals surface area contributed by atoms with E-state index in [9.17, 15) is 9.59 Å². The molecule has 0 aromatic heterocycles. The number of hydrogen-bond acceptors (Lipinski definition) is 2. The quantitative estimate of drug-likeness (QED) is 0.764. The topological polar surface area (TPSA) is 66.4 Å². The summed E-state index contributed by atoms with van der Waals surface area (Å²) in [6.07, 6.45) is 3.12. The Bertz CT molecular complexity index is 453. The van der Waals surface area contributed by atoms with E-state index in [1.165, 1.54) is 0 Å². The Labute approximate surface area is 120 Å². The van der Waals surface area contributed by atoms with Gasteiger partial charge < -0.3 is 10.4 Å². The number of aliphatic carboxylic acids is 1. The first-order chi connectivity index (χ1) is 9.55. The second-order valence-corrected chi connectivity index (χ2v) is 5.03. The summed E-state index contributed by atoms with van der Waals surface area (Å²) in [4.78, 5) is 22.5. The third kappa shape index (κ3) is 5.87. The summed E-state index contributed by atoms with van der Waals surface area (Å²) in [5.74, 6) is -0.368. The lowest BCUT2D eigenvalue weighted by Crippen LogP contribution is -2.16. The van der Waals surface area contributed by atoms with E-state index in [1.54, 1.807) is 0 Å². The number of carboxylic acids is 1. The fraction of sp³-hybridized carbons (Fsp3) is 0.500. The number of carboxylic acid groups (broad SMARTS) is 1. The minimum atomic E-state index is -0.812. The van der Waals surface area contributed by atoms with Crippen LogP contribution in [0.25, 0.3) is 0 Å². The largest absolute Gasteiger partial charge is 0.481 e. The smallest absolute Gasteiger partial charge is 0.303 e. The number of rotatable bonds is 8. The Balaban J connectivity index is 2.56. The molecule has 0 unspecified atom stereocenters. The molecule has 1 aromatic rings. The zero-order valence-electron chi connectivity index (χ0n) is 12.2. The van der Waals surface area contributed by atoms with Crippen molar-refractivity contribution < 1.29 is 14.7 Å². The molecule has 0 atom stereocenters. The summed E-state index contributed by atoms with van der Waals surface area (Å²) in [5, 5.41) is 11.6. The molecule has 0 spiro atoms. The predicted molar refractivity (Wildman–Crippen MR) is 79.7 cm³/mol. The van der Waals surface area contributed by atoms with E-state index >= 15 is 0 Å². The second-order valence-electron chi connectivity index (χ2n) is 5.03. The summed E-state index contributed by atoms with van der Waals surface area (Å²) in [6, 6.07) is 7.38. The fourth-order valence-electron chi connectivity index (χ4n) is 2.11. The monoisotopic (exact) mass is 277 g/mol. The zero-order chi connectivity index (χ0) is 15.0. The van der Waals surface area contributed by atoms with E-state index in [2.05, 4.69) is 19.2 Å². The minimum Gasteiger partial charge on any atom is -0.481 e. The molecule has 4 heteroatoms. The Morgan fingerprint density at radius 1 is 1.25 bits per heavy atom. The molecule has 0 radical (unpaired) electrons. The van der Waals surface area contributed by atoms with Crippen LogP contribution in [0.1, 0.15) is 45.1 Å². The average molecular weight is 277 g/mol. The molecule has 0 fully saturated rings. The van der Waals surface area contributed by atoms with Crippen molar-refractivity contribution in [3.8, 4) is 0 Å². The first kappa shape index (κ1) is 16.2. The van der Waals surface area contributed by atoms with E-state index < -0.39 is 5.97 Å². The summed E-state index contributed by atoms with van der Waals surface area (Å²) >= 11 is 0. The molecular weight excluding hydrogens is 254 g/mol. The van der Waals surface area contributed by atoms with Crippen molar-refractivity contribution in [1.82, 2.24) is 0 Å². The molecule has 1 amide bonds. The highest BCUT2D eigenvalue weighted by Crippen LogP contribution is 2.16. The molecule has 0 bridgehead atoms. The lowest BCUT2D eigenvalue weighted by Gasteiger charge is -2.12. The SMILES string of the molecule is CCC(CC)CC(=O)Nc1cccc(CCC(=O)O)c1. The van der Waals surface area contributed by atoms with Crippen molar-refractivity contribution in [3.63, 3.8) is 0 Å². The number of anilines is 1. The molecule has 0 heterocycles. The first-order valence-corrected chi connectivity index (χ1v) is 7.15. The Morgan fingerprint density at radius 3 is 2.55 bits per heavy atom. The maximum Gasteiger partial charge on any atom is 0.303 e. The molecular formula is C16H23NO3. The van der Waals surface area contributed by atoms with Gasteiger partial charge in [-0.25, -0.2) is 0 Å². The molecule has 0 saturated carbocycles. The van der Waals surface area contributed by atoms with Crippen LogP contribution in [-0.4, -0.2) is 17.0 Å². The fourth-order valence-corrected chi connectivity index (χ4v) is 2.11. The van der Waals surface area contributed by atoms with Crippen LogP contribution in [0.4, 0.5) is 5.69 Å². The number of hydrogen-bond donors (Lipinski definition) is 2. The van der Waals surface area contributed by atoms with Crippen LogP contribution in [-0.2, 0) is 16.0 Å². The molecule has 2 N–H and O–H groups in total. The van der Waals surface area contributed by atoms with Gasteiger partial charge in [0.05, 0.1) is 0 Å². The van der Waals surface area contributed by atoms with E-state index in [1.807, 2.05) is 24.3 Å². The first-order valence-electron chi connectivity index (χ1n) is 7.15. The van der Waals surface area contributed by atoms with Gasteiger partial charge in [0.25, 0.3) is 0 Å². The van der Waals surface area contributed by atoms with Crippen LogP contribution in [0, 0.1) is 5.92 Å². The van der Waals surface area contributed by atoms with Crippen LogP contribution in [0.5, 0.6) is 0 Å². The standard InChI is InChI=1S/C16H23NO3/c1-3-12(4-2)11-15(18)17-14-7-5-6-13(10-14)8-9-16(19)20/h5-7,10,12H,3-4,8-9,11H2,1-2H3,(H,17,18)(H,19,20). The molecule has 1 aromatic carbocycles. The van der Waals surface area contributed by atoms with Crippen molar-refractivity contribution in [2.45, 2.75) is 46.0 Å². The van der Waals surface area contributed by atoms with Gasteiger partial charge in [-0.1, -0.05) is 38.8 Å². The highest BCUT2D eigenvalue weighted by Gasteiger charge is 2.10. The van der Waals surface area contributed by atoms with Gasteiger partial charge in [-0.15, -0.1) is 0 Å². The van der Waals surface area contributed by atoms with E-state index in [4.69, 9.17) is 5.11 Å². The number of carbonyl (C=O) groups is 2. The van der Waals surface area contributed by atoms with Gasteiger partial charge >= 0.3 is 5.97 Å². The third-order valence-corrected chi connectivity index (χ3v) is 3.47. The highest BCUT2D eigenvalue weighted by molar-refractivity contribution is 5.90. The molecule has 0 aliphatic carbocycles. The number of amides is 1. The van der Waals surface area contributed by atoms with Crippen LogP contribution in [0.3, 0.4) is 0 Å². The van der Waals surface area contributed by atoms with Crippen molar-refractivity contribution in [2.75, 3.05) is 5.32 Å². The van der Waals surface area contributed by atoms with Gasteiger partial charge in [-0.3, -0.25) is 9.59 Å². The van der Waals surface area contributed by atoms with Gasteiger partial charge in [0, 0.05) is 18.5 Å². The average Bonchev–Trinajstić information content (AvgIpc) is 2.43. The summed E-state index contributed by atoms with van der Waals surface area (Å²) in [5.41, 5.74) is 1.66. The Kier molecular flexibility index (Phi) is 6.77. The molecule has 0 saturated heterocycles. The molecule has 0 aliphatic heterocycles. The van der Waals surface area contributed by atoms with Crippen LogP contribution >= 0.6 is 0 Å². The predicted octanol–water partition coefficient (Wildman–Crippen LogP) is 3.47. The molecule has 20 heavy (non-hydrogen) atoms.